The molecule has 0 spiro atoms. The van der Waals surface area contributed by atoms with Gasteiger partial charge in [-0.25, -0.2) is 18.7 Å². The summed E-state index contributed by atoms with van der Waals surface area (Å²) in [6, 6.07) is 5.44. The number of rotatable bonds is 6. The predicted molar refractivity (Wildman–Crippen MR) is 92.9 cm³/mol. The quantitative estimate of drug-likeness (QED) is 0.724. The molecule has 0 saturated carbocycles. The first-order valence-electron chi connectivity index (χ1n) is 7.70. The van der Waals surface area contributed by atoms with E-state index in [0.717, 1.165) is 12.1 Å². The number of hydrogen-bond donors (Lipinski definition) is 1. The Hall–Kier alpha value is -3.16. The first-order valence-corrected chi connectivity index (χ1v) is 7.70. The molecule has 2 aromatic carbocycles. The van der Waals surface area contributed by atoms with Gasteiger partial charge in [0.15, 0.2) is 23.1 Å². The van der Waals surface area contributed by atoms with E-state index in [0.29, 0.717) is 39.5 Å². The minimum absolute atomic E-state index is 0.250. The molecule has 1 heterocycles. The second kappa shape index (κ2) is 7.38. The number of hydrogen-bond acceptors (Lipinski definition) is 6. The zero-order valence-electron chi connectivity index (χ0n) is 14.5. The number of ether oxygens (including phenoxy) is 3. The molecule has 0 amide bonds. The fraction of sp³-hybridized carbons (Fsp3) is 0.222. The highest BCUT2D eigenvalue weighted by Gasteiger charge is 2.19. The molecule has 0 aliphatic heterocycles. The molecule has 3 rings (SSSR count). The molecule has 0 bridgehead atoms. The second-order valence-corrected chi connectivity index (χ2v) is 5.37. The molecule has 0 aliphatic rings. The normalized spacial score (nSPS) is 10.7. The molecule has 1 N–H and O–H groups in total. The average molecular weight is 361 g/mol. The van der Waals surface area contributed by atoms with Crippen LogP contribution in [0.15, 0.2) is 30.6 Å². The lowest BCUT2D eigenvalue weighted by molar-refractivity contribution is 0.327. The molecule has 26 heavy (non-hydrogen) atoms. The third-order valence-electron chi connectivity index (χ3n) is 3.88. The third-order valence-corrected chi connectivity index (χ3v) is 3.88. The van der Waals surface area contributed by atoms with Crippen LogP contribution in [0, 0.1) is 11.6 Å². The maximum absolute atomic E-state index is 13.4. The molecule has 0 unspecified atom stereocenters. The number of methoxy groups -OCH3 is 3. The largest absolute Gasteiger partial charge is 0.493 e. The molecule has 0 radical (unpaired) electrons. The lowest BCUT2D eigenvalue weighted by Crippen LogP contribution is -2.05. The zero-order valence-corrected chi connectivity index (χ0v) is 14.5. The highest BCUT2D eigenvalue weighted by Crippen LogP contribution is 2.43. The van der Waals surface area contributed by atoms with E-state index in [-0.39, 0.29) is 6.54 Å². The molecule has 1 aromatic heterocycles. The number of fused-ring (bicyclic) bond motifs is 1. The van der Waals surface area contributed by atoms with Gasteiger partial charge in [-0.2, -0.15) is 0 Å². The Morgan fingerprint density at radius 3 is 2.35 bits per heavy atom. The van der Waals surface area contributed by atoms with Gasteiger partial charge in [-0.3, -0.25) is 0 Å². The van der Waals surface area contributed by atoms with E-state index in [4.69, 9.17) is 14.2 Å². The highest BCUT2D eigenvalue weighted by molar-refractivity contribution is 5.96. The topological polar surface area (TPSA) is 65.5 Å². The molecule has 3 aromatic rings. The van der Waals surface area contributed by atoms with Crippen molar-refractivity contribution >= 4 is 16.7 Å². The van der Waals surface area contributed by atoms with Crippen LogP contribution in [-0.4, -0.2) is 31.3 Å². The summed E-state index contributed by atoms with van der Waals surface area (Å²) in [5.74, 6) is 0.0159. The van der Waals surface area contributed by atoms with Gasteiger partial charge >= 0.3 is 0 Å². The first-order chi connectivity index (χ1) is 12.6. The maximum atomic E-state index is 13.4. The number of nitrogens with one attached hydrogen (secondary N) is 1. The molecular formula is C18H17F2N3O3. The lowest BCUT2D eigenvalue weighted by atomic mass is 10.1. The Morgan fingerprint density at radius 2 is 1.69 bits per heavy atom. The van der Waals surface area contributed by atoms with E-state index in [9.17, 15) is 8.78 Å². The summed E-state index contributed by atoms with van der Waals surface area (Å²) in [7, 11) is 4.53. The van der Waals surface area contributed by atoms with Gasteiger partial charge in [0.25, 0.3) is 0 Å². The molecule has 8 heteroatoms. The van der Waals surface area contributed by atoms with Crippen LogP contribution in [0.4, 0.5) is 14.6 Å². The van der Waals surface area contributed by atoms with Gasteiger partial charge in [0.2, 0.25) is 5.75 Å². The standard InChI is InChI=1S/C18H17F2N3O3/c1-24-14-7-11-15(17(26-3)16(14)25-2)22-9-23-18(11)21-8-10-4-5-12(19)13(20)6-10/h4-7,9H,8H2,1-3H3,(H,21,22,23). The van der Waals surface area contributed by atoms with Gasteiger partial charge in [0.05, 0.1) is 26.7 Å². The molecule has 0 saturated heterocycles. The van der Waals surface area contributed by atoms with Crippen molar-refractivity contribution in [2.24, 2.45) is 0 Å². The van der Waals surface area contributed by atoms with Crippen LogP contribution >= 0.6 is 0 Å². The van der Waals surface area contributed by atoms with Gasteiger partial charge < -0.3 is 19.5 Å². The molecular weight excluding hydrogens is 344 g/mol. The van der Waals surface area contributed by atoms with E-state index in [1.807, 2.05) is 0 Å². The van der Waals surface area contributed by atoms with Crippen LogP contribution in [0.25, 0.3) is 10.9 Å². The van der Waals surface area contributed by atoms with Crippen LogP contribution in [0.2, 0.25) is 0 Å². The Bertz CT molecular complexity index is 951. The summed E-state index contributed by atoms with van der Waals surface area (Å²) in [4.78, 5) is 8.48. The predicted octanol–water partition coefficient (Wildman–Crippen LogP) is 3.55. The van der Waals surface area contributed by atoms with Crippen molar-refractivity contribution in [2.75, 3.05) is 26.6 Å². The summed E-state index contributed by atoms with van der Waals surface area (Å²) in [6.07, 6.45) is 1.38. The number of halogens is 2. The minimum atomic E-state index is -0.898. The Labute approximate surface area is 148 Å². The Balaban J connectivity index is 2.02. The summed E-state index contributed by atoms with van der Waals surface area (Å²) < 4.78 is 42.5. The Kier molecular flexibility index (Phi) is 5.01. The van der Waals surface area contributed by atoms with Crippen LogP contribution in [0.1, 0.15) is 5.56 Å². The monoisotopic (exact) mass is 361 g/mol. The van der Waals surface area contributed by atoms with Crippen molar-refractivity contribution in [1.29, 1.82) is 0 Å². The fourth-order valence-corrected chi connectivity index (χ4v) is 2.64. The molecule has 0 atom stereocenters. The van der Waals surface area contributed by atoms with Gasteiger partial charge in [-0.15, -0.1) is 0 Å². The molecule has 136 valence electrons. The van der Waals surface area contributed by atoms with Gasteiger partial charge in [0, 0.05) is 6.54 Å². The van der Waals surface area contributed by atoms with E-state index >= 15 is 0 Å². The summed E-state index contributed by atoms with van der Waals surface area (Å²) in [5.41, 5.74) is 1.11. The van der Waals surface area contributed by atoms with Crippen molar-refractivity contribution in [3.05, 3.63) is 47.8 Å². The van der Waals surface area contributed by atoms with E-state index in [1.165, 1.54) is 33.7 Å². The summed E-state index contributed by atoms with van der Waals surface area (Å²) in [6.45, 7) is 0.250. The van der Waals surface area contributed by atoms with Crippen LogP contribution in [0.5, 0.6) is 17.2 Å². The van der Waals surface area contributed by atoms with E-state index < -0.39 is 11.6 Å². The van der Waals surface area contributed by atoms with Crippen molar-refractivity contribution in [3.63, 3.8) is 0 Å². The van der Waals surface area contributed by atoms with Gasteiger partial charge in [-0.1, -0.05) is 6.07 Å². The van der Waals surface area contributed by atoms with Crippen molar-refractivity contribution in [3.8, 4) is 17.2 Å². The van der Waals surface area contributed by atoms with Gasteiger partial charge in [-0.05, 0) is 23.8 Å². The zero-order chi connectivity index (χ0) is 18.7. The fourth-order valence-electron chi connectivity index (χ4n) is 2.64. The molecule has 6 nitrogen and oxygen atoms in total. The minimum Gasteiger partial charge on any atom is -0.493 e. The van der Waals surface area contributed by atoms with Crippen molar-refractivity contribution < 1.29 is 23.0 Å². The lowest BCUT2D eigenvalue weighted by Gasteiger charge is -2.16. The molecule has 0 aliphatic carbocycles. The third kappa shape index (κ3) is 3.17. The first kappa shape index (κ1) is 17.7. The SMILES string of the molecule is COc1cc2c(NCc3ccc(F)c(F)c3)ncnc2c(OC)c1OC. The van der Waals surface area contributed by atoms with Crippen molar-refractivity contribution in [2.45, 2.75) is 6.54 Å². The van der Waals surface area contributed by atoms with Crippen LogP contribution < -0.4 is 19.5 Å². The number of nitrogens with zero attached hydrogens (tertiary/aromatic N) is 2. The number of anilines is 1. The second-order valence-electron chi connectivity index (χ2n) is 5.37. The summed E-state index contributed by atoms with van der Waals surface area (Å²) in [5, 5.41) is 3.74. The van der Waals surface area contributed by atoms with E-state index in [2.05, 4.69) is 15.3 Å². The summed E-state index contributed by atoms with van der Waals surface area (Å²) >= 11 is 0. The average Bonchev–Trinajstić information content (AvgIpc) is 2.67. The Morgan fingerprint density at radius 1 is 0.923 bits per heavy atom. The number of aromatic nitrogens is 2. The van der Waals surface area contributed by atoms with Crippen LogP contribution in [-0.2, 0) is 6.54 Å². The smallest absolute Gasteiger partial charge is 0.205 e. The van der Waals surface area contributed by atoms with E-state index in [1.54, 1.807) is 6.07 Å². The van der Waals surface area contributed by atoms with Crippen LogP contribution in [0.3, 0.4) is 0 Å². The van der Waals surface area contributed by atoms with Crippen molar-refractivity contribution in [1.82, 2.24) is 9.97 Å². The number of benzene rings is 2. The maximum Gasteiger partial charge on any atom is 0.205 e. The highest BCUT2D eigenvalue weighted by atomic mass is 19.2. The van der Waals surface area contributed by atoms with Gasteiger partial charge in [0.1, 0.15) is 17.7 Å². The molecule has 0 fully saturated rings.